The summed E-state index contributed by atoms with van der Waals surface area (Å²) in [5.74, 6) is 0. The lowest BCUT2D eigenvalue weighted by Gasteiger charge is -2.19. The summed E-state index contributed by atoms with van der Waals surface area (Å²) in [4.78, 5) is 2.12. The molecule has 0 saturated heterocycles. The van der Waals surface area contributed by atoms with Crippen molar-refractivity contribution in [1.29, 1.82) is 0 Å². The molecule has 0 radical (unpaired) electrons. The summed E-state index contributed by atoms with van der Waals surface area (Å²) in [6.07, 6.45) is 1.38. The van der Waals surface area contributed by atoms with Crippen LogP contribution in [0.25, 0.3) is 0 Å². The third-order valence-electron chi connectivity index (χ3n) is 1.27. The number of nitrogens with zero attached hydrogens (tertiary/aromatic N) is 1. The van der Waals surface area contributed by atoms with Crippen molar-refractivity contribution in [3.63, 3.8) is 0 Å². The van der Waals surface area contributed by atoms with Gasteiger partial charge in [0.2, 0.25) is 0 Å². The minimum atomic E-state index is 0.204. The van der Waals surface area contributed by atoms with E-state index in [-0.39, 0.29) is 6.17 Å². The zero-order valence-corrected chi connectivity index (χ0v) is 6.02. The van der Waals surface area contributed by atoms with Crippen LogP contribution >= 0.6 is 0 Å². The Kier molecular flexibility index (Phi) is 3.83. The first-order chi connectivity index (χ1) is 3.68. The molecule has 0 aromatic heterocycles. The quantitative estimate of drug-likeness (QED) is 0.548. The third-order valence-corrected chi connectivity index (χ3v) is 1.27. The fourth-order valence-corrected chi connectivity index (χ4v) is 0.556. The van der Waals surface area contributed by atoms with Crippen LogP contribution in [0.4, 0.5) is 0 Å². The molecule has 0 aromatic carbocycles. The van der Waals surface area contributed by atoms with Crippen LogP contribution in [-0.4, -0.2) is 24.7 Å². The number of hydrogen-bond donors (Lipinski definition) is 1. The molecule has 0 heterocycles. The van der Waals surface area contributed by atoms with E-state index < -0.39 is 0 Å². The van der Waals surface area contributed by atoms with Crippen molar-refractivity contribution in [2.24, 2.45) is 5.73 Å². The van der Waals surface area contributed by atoms with Crippen molar-refractivity contribution in [3.8, 4) is 0 Å². The van der Waals surface area contributed by atoms with Crippen molar-refractivity contribution in [2.45, 2.75) is 26.4 Å². The van der Waals surface area contributed by atoms with Crippen LogP contribution in [0.15, 0.2) is 0 Å². The molecule has 2 nitrogen and oxygen atoms in total. The highest BCUT2D eigenvalue weighted by molar-refractivity contribution is 4.52. The molecule has 0 bridgehead atoms. The fourth-order valence-electron chi connectivity index (χ4n) is 0.556. The smallest absolute Gasteiger partial charge is 0.0540 e. The van der Waals surface area contributed by atoms with E-state index in [0.717, 1.165) is 6.54 Å². The van der Waals surface area contributed by atoms with Gasteiger partial charge in [-0.25, -0.2) is 0 Å². The van der Waals surface area contributed by atoms with Crippen LogP contribution in [0.2, 0.25) is 0 Å². The van der Waals surface area contributed by atoms with Crippen LogP contribution in [-0.2, 0) is 0 Å². The van der Waals surface area contributed by atoms with Gasteiger partial charge in [-0.15, -0.1) is 0 Å². The van der Waals surface area contributed by atoms with Crippen molar-refractivity contribution in [1.82, 2.24) is 4.90 Å². The summed E-state index contributed by atoms with van der Waals surface area (Å²) in [6, 6.07) is 0. The highest BCUT2D eigenvalue weighted by Crippen LogP contribution is 1.87. The van der Waals surface area contributed by atoms with Gasteiger partial charge in [0.05, 0.1) is 6.17 Å². The van der Waals surface area contributed by atoms with E-state index in [1.165, 1.54) is 6.42 Å². The van der Waals surface area contributed by atoms with Crippen LogP contribution in [0.1, 0.15) is 20.3 Å². The van der Waals surface area contributed by atoms with E-state index in [4.69, 9.17) is 5.73 Å². The summed E-state index contributed by atoms with van der Waals surface area (Å²) in [5, 5.41) is 0. The first kappa shape index (κ1) is 7.92. The number of hydrogen-bond acceptors (Lipinski definition) is 2. The van der Waals surface area contributed by atoms with E-state index in [1.54, 1.807) is 0 Å². The Labute approximate surface area is 51.7 Å². The Morgan fingerprint density at radius 3 is 2.25 bits per heavy atom. The molecule has 2 N–H and O–H groups in total. The Hall–Kier alpha value is -0.0800. The van der Waals surface area contributed by atoms with Crippen molar-refractivity contribution < 1.29 is 0 Å². The largest absolute Gasteiger partial charge is 0.316 e. The average Bonchev–Trinajstić information content (AvgIpc) is 1.67. The Bertz CT molecular complexity index is 52.5. The summed E-state index contributed by atoms with van der Waals surface area (Å²) in [5.41, 5.74) is 5.55. The predicted molar refractivity (Wildman–Crippen MR) is 36.6 cm³/mol. The van der Waals surface area contributed by atoms with Gasteiger partial charge in [0, 0.05) is 0 Å². The standard InChI is InChI=1S/C6H16N2/c1-4-5-8(3)6(2)7/h6H,4-5,7H2,1-3H3/t6-/m0/s1. The second kappa shape index (κ2) is 3.87. The fraction of sp³-hybridized carbons (Fsp3) is 1.00. The minimum absolute atomic E-state index is 0.204. The molecule has 1 atom stereocenters. The Morgan fingerprint density at radius 1 is 1.62 bits per heavy atom. The second-order valence-corrected chi connectivity index (χ2v) is 2.22. The van der Waals surface area contributed by atoms with Gasteiger partial charge < -0.3 is 5.73 Å². The van der Waals surface area contributed by atoms with Gasteiger partial charge in [0.1, 0.15) is 0 Å². The molecule has 8 heavy (non-hydrogen) atoms. The zero-order valence-electron chi connectivity index (χ0n) is 6.02. The Morgan fingerprint density at radius 2 is 2.12 bits per heavy atom. The number of nitrogens with two attached hydrogens (primary N) is 1. The second-order valence-electron chi connectivity index (χ2n) is 2.22. The van der Waals surface area contributed by atoms with E-state index in [9.17, 15) is 0 Å². The van der Waals surface area contributed by atoms with Crippen molar-refractivity contribution >= 4 is 0 Å². The molecule has 0 saturated carbocycles. The molecule has 0 spiro atoms. The first-order valence-electron chi connectivity index (χ1n) is 3.14. The first-order valence-corrected chi connectivity index (χ1v) is 3.14. The molecule has 50 valence electrons. The third kappa shape index (κ3) is 2.99. The summed E-state index contributed by atoms with van der Waals surface area (Å²) in [7, 11) is 2.04. The lowest BCUT2D eigenvalue weighted by atomic mass is 10.4. The van der Waals surface area contributed by atoms with Crippen molar-refractivity contribution in [3.05, 3.63) is 0 Å². The van der Waals surface area contributed by atoms with Gasteiger partial charge >= 0.3 is 0 Å². The Balaban J connectivity index is 3.17. The van der Waals surface area contributed by atoms with Gasteiger partial charge in [-0.05, 0) is 26.9 Å². The highest BCUT2D eigenvalue weighted by Gasteiger charge is 1.98. The topological polar surface area (TPSA) is 29.3 Å². The van der Waals surface area contributed by atoms with Gasteiger partial charge in [-0.2, -0.15) is 0 Å². The van der Waals surface area contributed by atoms with E-state index in [0.29, 0.717) is 0 Å². The SMILES string of the molecule is CCCN(C)[C@@H](C)N. The lowest BCUT2D eigenvalue weighted by Crippen LogP contribution is -2.36. The van der Waals surface area contributed by atoms with Gasteiger partial charge in [0.25, 0.3) is 0 Å². The molecule has 0 aliphatic heterocycles. The normalized spacial score (nSPS) is 14.6. The van der Waals surface area contributed by atoms with E-state index in [1.807, 2.05) is 14.0 Å². The van der Waals surface area contributed by atoms with Crippen molar-refractivity contribution in [2.75, 3.05) is 13.6 Å². The zero-order chi connectivity index (χ0) is 6.57. The summed E-state index contributed by atoms with van der Waals surface area (Å²) in [6.45, 7) is 5.24. The van der Waals surface area contributed by atoms with Gasteiger partial charge in [-0.1, -0.05) is 6.92 Å². The molecule has 2 heteroatoms. The van der Waals surface area contributed by atoms with Crippen LogP contribution in [0, 0.1) is 0 Å². The van der Waals surface area contributed by atoms with E-state index in [2.05, 4.69) is 11.8 Å². The van der Waals surface area contributed by atoms with E-state index >= 15 is 0 Å². The molecule has 0 aliphatic rings. The molecule has 0 aromatic rings. The maximum absolute atomic E-state index is 5.55. The lowest BCUT2D eigenvalue weighted by molar-refractivity contribution is 0.264. The molecule has 0 unspecified atom stereocenters. The summed E-state index contributed by atoms with van der Waals surface area (Å²) >= 11 is 0. The molecule has 0 rings (SSSR count). The minimum Gasteiger partial charge on any atom is -0.316 e. The maximum Gasteiger partial charge on any atom is 0.0540 e. The molecule has 0 amide bonds. The molecular weight excluding hydrogens is 100 g/mol. The van der Waals surface area contributed by atoms with Gasteiger partial charge in [0.15, 0.2) is 0 Å². The van der Waals surface area contributed by atoms with Crippen LogP contribution in [0.3, 0.4) is 0 Å². The average molecular weight is 116 g/mol. The molecular formula is C6H16N2. The highest BCUT2D eigenvalue weighted by atomic mass is 15.2. The maximum atomic E-state index is 5.55. The predicted octanol–water partition coefficient (Wildman–Crippen LogP) is 0.633. The van der Waals surface area contributed by atoms with Gasteiger partial charge in [-0.3, -0.25) is 4.90 Å². The van der Waals surface area contributed by atoms with Crippen LogP contribution in [0.5, 0.6) is 0 Å². The number of rotatable bonds is 3. The monoisotopic (exact) mass is 116 g/mol. The summed E-state index contributed by atoms with van der Waals surface area (Å²) < 4.78 is 0. The molecule has 0 aliphatic carbocycles. The van der Waals surface area contributed by atoms with Crippen LogP contribution < -0.4 is 5.73 Å². The molecule has 0 fully saturated rings.